The van der Waals surface area contributed by atoms with Crippen LogP contribution in [0.4, 0.5) is 0 Å². The molecule has 1 aliphatic heterocycles. The number of nitrogens with zero attached hydrogens (tertiary/aromatic N) is 2. The van der Waals surface area contributed by atoms with Crippen molar-refractivity contribution in [2.45, 2.75) is 37.9 Å². The normalized spacial score (nSPS) is 26.2. The van der Waals surface area contributed by atoms with Crippen molar-refractivity contribution < 1.29 is 9.90 Å². The number of carboxylic acid groups (broad SMARTS) is 1. The van der Waals surface area contributed by atoms with Crippen molar-refractivity contribution in [1.29, 1.82) is 0 Å². The molecule has 2 fully saturated rings. The second kappa shape index (κ2) is 3.51. The van der Waals surface area contributed by atoms with E-state index in [9.17, 15) is 4.79 Å². The van der Waals surface area contributed by atoms with E-state index < -0.39 is 5.97 Å². The molecule has 1 unspecified atom stereocenters. The Balaban J connectivity index is 1.75. The van der Waals surface area contributed by atoms with Crippen molar-refractivity contribution in [1.82, 2.24) is 9.80 Å². The fraction of sp³-hybridized carbons (Fsp3) is 0.900. The van der Waals surface area contributed by atoms with Crippen molar-refractivity contribution in [3.63, 3.8) is 0 Å². The number of likely N-dealkylation sites (N-methyl/N-ethyl adjacent to an activating group) is 1. The van der Waals surface area contributed by atoms with Gasteiger partial charge < -0.3 is 5.11 Å². The predicted octanol–water partition coefficient (Wildman–Crippen LogP) is 0.238. The molecule has 1 saturated heterocycles. The van der Waals surface area contributed by atoms with Gasteiger partial charge in [-0.3, -0.25) is 14.6 Å². The van der Waals surface area contributed by atoms with Gasteiger partial charge in [0, 0.05) is 25.2 Å². The summed E-state index contributed by atoms with van der Waals surface area (Å²) in [7, 11) is 2.16. The minimum atomic E-state index is -0.711. The zero-order chi connectivity index (χ0) is 10.3. The number of likely N-dealkylation sites (tertiary alicyclic amines) is 1. The Kier molecular flexibility index (Phi) is 2.49. The van der Waals surface area contributed by atoms with Gasteiger partial charge in [-0.1, -0.05) is 0 Å². The van der Waals surface area contributed by atoms with Crippen molar-refractivity contribution in [3.8, 4) is 0 Å². The summed E-state index contributed by atoms with van der Waals surface area (Å²) in [6.07, 6.45) is 2.64. The zero-order valence-electron chi connectivity index (χ0n) is 8.81. The molecular formula is C10H18N2O2. The van der Waals surface area contributed by atoms with Crippen LogP contribution in [0.15, 0.2) is 0 Å². The summed E-state index contributed by atoms with van der Waals surface area (Å²) in [5, 5.41) is 8.81. The molecule has 1 aliphatic carbocycles. The van der Waals surface area contributed by atoms with E-state index in [0.29, 0.717) is 6.04 Å². The van der Waals surface area contributed by atoms with E-state index in [-0.39, 0.29) is 6.04 Å². The SMILES string of the molecule is CC(C(=O)O)N1CC(N(C)C2CC2)C1. The lowest BCUT2D eigenvalue weighted by molar-refractivity contribution is -0.145. The summed E-state index contributed by atoms with van der Waals surface area (Å²) < 4.78 is 0. The molecule has 0 aromatic carbocycles. The summed E-state index contributed by atoms with van der Waals surface area (Å²) in [6, 6.07) is 1.05. The summed E-state index contributed by atoms with van der Waals surface area (Å²) in [4.78, 5) is 15.1. The van der Waals surface area contributed by atoms with Crippen LogP contribution in [0.2, 0.25) is 0 Å². The van der Waals surface area contributed by atoms with Crippen LogP contribution in [0.1, 0.15) is 19.8 Å². The second-order valence-electron chi connectivity index (χ2n) is 4.52. The van der Waals surface area contributed by atoms with Gasteiger partial charge in [0.25, 0.3) is 0 Å². The number of rotatable bonds is 4. The topological polar surface area (TPSA) is 43.8 Å². The smallest absolute Gasteiger partial charge is 0.320 e. The van der Waals surface area contributed by atoms with Gasteiger partial charge in [0.1, 0.15) is 6.04 Å². The summed E-state index contributed by atoms with van der Waals surface area (Å²) in [5.41, 5.74) is 0. The molecule has 4 nitrogen and oxygen atoms in total. The van der Waals surface area contributed by atoms with Gasteiger partial charge in [-0.25, -0.2) is 0 Å². The standard InChI is InChI=1S/C10H18N2O2/c1-7(10(13)14)12-5-9(6-12)11(2)8-3-4-8/h7-9H,3-6H2,1-2H3,(H,13,14). The Morgan fingerprint density at radius 1 is 1.43 bits per heavy atom. The number of hydrogen-bond donors (Lipinski definition) is 1. The first-order valence-electron chi connectivity index (χ1n) is 5.28. The van der Waals surface area contributed by atoms with Crippen LogP contribution >= 0.6 is 0 Å². The molecule has 4 heteroatoms. The highest BCUT2D eigenvalue weighted by atomic mass is 16.4. The third-order valence-electron chi connectivity index (χ3n) is 3.49. The van der Waals surface area contributed by atoms with E-state index in [4.69, 9.17) is 5.11 Å². The van der Waals surface area contributed by atoms with Crippen molar-refractivity contribution in [3.05, 3.63) is 0 Å². The third kappa shape index (κ3) is 1.77. The van der Waals surface area contributed by atoms with E-state index >= 15 is 0 Å². The Hall–Kier alpha value is -0.610. The van der Waals surface area contributed by atoms with Gasteiger partial charge in [-0.2, -0.15) is 0 Å². The second-order valence-corrected chi connectivity index (χ2v) is 4.52. The quantitative estimate of drug-likeness (QED) is 0.702. The lowest BCUT2D eigenvalue weighted by atomic mass is 10.0. The third-order valence-corrected chi connectivity index (χ3v) is 3.49. The molecule has 0 spiro atoms. The largest absolute Gasteiger partial charge is 0.480 e. The molecule has 0 aromatic heterocycles. The van der Waals surface area contributed by atoms with Gasteiger partial charge in [-0.05, 0) is 26.8 Å². The molecule has 1 heterocycles. The van der Waals surface area contributed by atoms with E-state index in [1.54, 1.807) is 6.92 Å². The van der Waals surface area contributed by atoms with Crippen molar-refractivity contribution in [2.75, 3.05) is 20.1 Å². The summed E-state index contributed by atoms with van der Waals surface area (Å²) >= 11 is 0. The Morgan fingerprint density at radius 2 is 2.00 bits per heavy atom. The number of hydrogen-bond acceptors (Lipinski definition) is 3. The van der Waals surface area contributed by atoms with Crippen LogP contribution in [0.25, 0.3) is 0 Å². The van der Waals surface area contributed by atoms with Crippen LogP contribution in [0, 0.1) is 0 Å². The minimum absolute atomic E-state index is 0.321. The number of carbonyl (C=O) groups is 1. The Labute approximate surface area is 84.5 Å². The summed E-state index contributed by atoms with van der Waals surface area (Å²) in [6.45, 7) is 3.59. The Morgan fingerprint density at radius 3 is 2.43 bits per heavy atom. The van der Waals surface area contributed by atoms with Crippen molar-refractivity contribution in [2.24, 2.45) is 0 Å². The molecule has 2 aliphatic rings. The average molecular weight is 198 g/mol. The van der Waals surface area contributed by atoms with Crippen LogP contribution in [-0.2, 0) is 4.79 Å². The van der Waals surface area contributed by atoms with E-state index in [1.807, 2.05) is 4.90 Å². The lowest BCUT2D eigenvalue weighted by Gasteiger charge is -2.46. The highest BCUT2D eigenvalue weighted by molar-refractivity contribution is 5.73. The van der Waals surface area contributed by atoms with Crippen molar-refractivity contribution >= 4 is 5.97 Å². The zero-order valence-corrected chi connectivity index (χ0v) is 8.81. The minimum Gasteiger partial charge on any atom is -0.480 e. The average Bonchev–Trinajstić information content (AvgIpc) is 2.82. The maximum atomic E-state index is 10.7. The predicted molar refractivity (Wildman–Crippen MR) is 53.2 cm³/mol. The first kappa shape index (κ1) is 9.93. The van der Waals surface area contributed by atoms with Gasteiger partial charge >= 0.3 is 5.97 Å². The van der Waals surface area contributed by atoms with Crippen LogP contribution in [-0.4, -0.2) is 59.1 Å². The molecule has 0 amide bonds. The highest BCUT2D eigenvalue weighted by Crippen LogP contribution is 2.30. The molecular weight excluding hydrogens is 180 g/mol. The molecule has 1 N–H and O–H groups in total. The number of aliphatic carboxylic acids is 1. The molecule has 14 heavy (non-hydrogen) atoms. The van der Waals surface area contributed by atoms with Gasteiger partial charge in [0.15, 0.2) is 0 Å². The fourth-order valence-corrected chi connectivity index (χ4v) is 2.00. The molecule has 0 bridgehead atoms. The molecule has 1 saturated carbocycles. The van der Waals surface area contributed by atoms with Crippen LogP contribution < -0.4 is 0 Å². The van der Waals surface area contributed by atoms with Gasteiger partial charge in [0.2, 0.25) is 0 Å². The first-order chi connectivity index (χ1) is 6.59. The molecule has 0 aromatic rings. The fourth-order valence-electron chi connectivity index (χ4n) is 2.00. The first-order valence-corrected chi connectivity index (χ1v) is 5.28. The monoisotopic (exact) mass is 198 g/mol. The molecule has 80 valence electrons. The van der Waals surface area contributed by atoms with Gasteiger partial charge in [-0.15, -0.1) is 0 Å². The Bertz CT molecular complexity index is 234. The number of carboxylic acids is 1. The van der Waals surface area contributed by atoms with Crippen LogP contribution in [0.3, 0.4) is 0 Å². The highest BCUT2D eigenvalue weighted by Gasteiger charge is 2.40. The van der Waals surface area contributed by atoms with E-state index in [2.05, 4.69) is 11.9 Å². The molecule has 1 atom stereocenters. The lowest BCUT2D eigenvalue weighted by Crippen LogP contribution is -2.62. The summed E-state index contributed by atoms with van der Waals surface area (Å²) in [5.74, 6) is -0.711. The van der Waals surface area contributed by atoms with Crippen LogP contribution in [0.5, 0.6) is 0 Å². The molecule has 2 rings (SSSR count). The maximum Gasteiger partial charge on any atom is 0.320 e. The van der Waals surface area contributed by atoms with Gasteiger partial charge in [0.05, 0.1) is 0 Å². The maximum absolute atomic E-state index is 10.7. The van der Waals surface area contributed by atoms with E-state index in [1.165, 1.54) is 12.8 Å². The van der Waals surface area contributed by atoms with E-state index in [0.717, 1.165) is 19.1 Å². The molecule has 0 radical (unpaired) electrons.